The molecule has 0 atom stereocenters. The van der Waals surface area contributed by atoms with Crippen LogP contribution < -0.4 is 10.6 Å². The minimum atomic E-state index is -0.592. The fourth-order valence-electron chi connectivity index (χ4n) is 1.19. The van der Waals surface area contributed by atoms with Crippen LogP contribution in [-0.4, -0.2) is 18.5 Å². The van der Waals surface area contributed by atoms with Crippen molar-refractivity contribution in [1.29, 1.82) is 5.26 Å². The number of nitriles is 1. The van der Waals surface area contributed by atoms with Crippen molar-refractivity contribution in [1.82, 2.24) is 5.32 Å². The van der Waals surface area contributed by atoms with Gasteiger partial charge in [-0.05, 0) is 18.2 Å². The third-order valence-electron chi connectivity index (χ3n) is 2.04. The number of anilines is 1. The molecule has 1 aromatic carbocycles. The molecular formula is C12H14FN3O. The topological polar surface area (TPSA) is 64.9 Å². The lowest BCUT2D eigenvalue weighted by molar-refractivity contribution is -0.115. The van der Waals surface area contributed by atoms with Gasteiger partial charge in [0.15, 0.2) is 0 Å². The molecule has 0 radical (unpaired) electrons. The maximum atomic E-state index is 13.0. The van der Waals surface area contributed by atoms with Gasteiger partial charge in [-0.1, -0.05) is 13.8 Å². The first kappa shape index (κ1) is 13.1. The number of nitrogens with one attached hydrogen (secondary N) is 2. The van der Waals surface area contributed by atoms with Crippen LogP contribution in [0.1, 0.15) is 19.4 Å². The molecule has 0 unspecified atom stereocenters. The van der Waals surface area contributed by atoms with Crippen molar-refractivity contribution in [2.75, 3.05) is 11.9 Å². The first-order chi connectivity index (χ1) is 8.02. The fraction of sp³-hybridized carbons (Fsp3) is 0.333. The molecule has 0 aliphatic heterocycles. The Morgan fingerprint density at radius 1 is 1.53 bits per heavy atom. The Bertz CT molecular complexity index is 452. The van der Waals surface area contributed by atoms with Crippen molar-refractivity contribution in [2.45, 2.75) is 19.9 Å². The van der Waals surface area contributed by atoms with Crippen LogP contribution in [0.4, 0.5) is 10.1 Å². The third kappa shape index (κ3) is 4.21. The molecule has 0 bridgehead atoms. The molecule has 0 aliphatic carbocycles. The molecule has 0 saturated carbocycles. The molecule has 90 valence electrons. The van der Waals surface area contributed by atoms with Crippen molar-refractivity contribution in [3.8, 4) is 6.07 Å². The fourth-order valence-corrected chi connectivity index (χ4v) is 1.19. The van der Waals surface area contributed by atoms with Crippen molar-refractivity contribution >= 4 is 11.6 Å². The molecule has 17 heavy (non-hydrogen) atoms. The summed E-state index contributed by atoms with van der Waals surface area (Å²) in [5, 5.41) is 14.2. The van der Waals surface area contributed by atoms with Gasteiger partial charge in [0.05, 0.1) is 12.1 Å². The molecule has 1 amide bonds. The number of halogens is 1. The minimum absolute atomic E-state index is 0.0837. The maximum absolute atomic E-state index is 13.0. The second-order valence-electron chi connectivity index (χ2n) is 3.89. The van der Waals surface area contributed by atoms with E-state index in [9.17, 15) is 9.18 Å². The summed E-state index contributed by atoms with van der Waals surface area (Å²) in [4.78, 5) is 11.5. The highest BCUT2D eigenvalue weighted by molar-refractivity contribution is 5.92. The van der Waals surface area contributed by atoms with Crippen molar-refractivity contribution in [2.24, 2.45) is 0 Å². The lowest BCUT2D eigenvalue weighted by atomic mass is 10.2. The zero-order chi connectivity index (χ0) is 12.8. The van der Waals surface area contributed by atoms with Crippen LogP contribution in [0, 0.1) is 17.1 Å². The van der Waals surface area contributed by atoms with Crippen molar-refractivity contribution in [3.63, 3.8) is 0 Å². The Morgan fingerprint density at radius 2 is 2.24 bits per heavy atom. The van der Waals surface area contributed by atoms with E-state index in [-0.39, 0.29) is 24.1 Å². The van der Waals surface area contributed by atoms with Crippen LogP contribution in [0.3, 0.4) is 0 Å². The number of carbonyl (C=O) groups excluding carboxylic acids is 1. The smallest absolute Gasteiger partial charge is 0.238 e. The molecule has 5 heteroatoms. The zero-order valence-electron chi connectivity index (χ0n) is 9.75. The number of nitrogens with zero attached hydrogens (tertiary/aromatic N) is 1. The highest BCUT2D eigenvalue weighted by Gasteiger charge is 2.06. The molecule has 0 heterocycles. The molecule has 0 spiro atoms. The SMILES string of the molecule is CC(C)NCC(=O)Nc1ccc(F)c(C#N)c1. The molecule has 2 N–H and O–H groups in total. The van der Waals surface area contributed by atoms with E-state index in [1.54, 1.807) is 6.07 Å². The van der Waals surface area contributed by atoms with Gasteiger partial charge in [-0.25, -0.2) is 4.39 Å². The van der Waals surface area contributed by atoms with E-state index < -0.39 is 5.82 Å². The number of carbonyl (C=O) groups is 1. The van der Waals surface area contributed by atoms with Gasteiger partial charge in [0.1, 0.15) is 11.9 Å². The standard InChI is InChI=1S/C12H14FN3O/c1-8(2)15-7-12(17)16-10-3-4-11(13)9(5-10)6-14/h3-5,8,15H,7H2,1-2H3,(H,16,17). The summed E-state index contributed by atoms with van der Waals surface area (Å²) in [6.07, 6.45) is 0. The van der Waals surface area contributed by atoms with E-state index in [0.717, 1.165) is 6.07 Å². The Hall–Kier alpha value is -1.93. The third-order valence-corrected chi connectivity index (χ3v) is 2.04. The number of hydrogen-bond acceptors (Lipinski definition) is 3. The predicted molar refractivity (Wildman–Crippen MR) is 62.9 cm³/mol. The lowest BCUT2D eigenvalue weighted by Crippen LogP contribution is -2.32. The molecule has 4 nitrogen and oxygen atoms in total. The zero-order valence-corrected chi connectivity index (χ0v) is 9.75. The summed E-state index contributed by atoms with van der Waals surface area (Å²) in [5.41, 5.74) is 0.332. The highest BCUT2D eigenvalue weighted by Crippen LogP contribution is 2.13. The minimum Gasteiger partial charge on any atom is -0.325 e. The number of rotatable bonds is 4. The van der Waals surface area contributed by atoms with Gasteiger partial charge in [-0.3, -0.25) is 4.79 Å². The quantitative estimate of drug-likeness (QED) is 0.833. The first-order valence-electron chi connectivity index (χ1n) is 5.26. The van der Waals surface area contributed by atoms with Gasteiger partial charge < -0.3 is 10.6 Å². The number of benzene rings is 1. The second kappa shape index (κ2) is 5.97. The average molecular weight is 235 g/mol. The van der Waals surface area contributed by atoms with E-state index in [2.05, 4.69) is 10.6 Å². The number of amides is 1. The number of hydrogen-bond donors (Lipinski definition) is 2. The van der Waals surface area contributed by atoms with Crippen LogP contribution >= 0.6 is 0 Å². The second-order valence-corrected chi connectivity index (χ2v) is 3.89. The summed E-state index contributed by atoms with van der Waals surface area (Å²) in [6.45, 7) is 4.04. The first-order valence-corrected chi connectivity index (χ1v) is 5.26. The van der Waals surface area contributed by atoms with Gasteiger partial charge in [-0.15, -0.1) is 0 Å². The Balaban J connectivity index is 2.63. The van der Waals surface area contributed by atoms with E-state index >= 15 is 0 Å². The van der Waals surface area contributed by atoms with Gasteiger partial charge in [0.25, 0.3) is 0 Å². The molecule has 0 aliphatic rings. The largest absolute Gasteiger partial charge is 0.325 e. The molecule has 1 rings (SSSR count). The lowest BCUT2D eigenvalue weighted by Gasteiger charge is -2.09. The normalized spacial score (nSPS) is 10.1. The van der Waals surface area contributed by atoms with E-state index in [0.29, 0.717) is 5.69 Å². The van der Waals surface area contributed by atoms with Gasteiger partial charge in [0, 0.05) is 11.7 Å². The average Bonchev–Trinajstić information content (AvgIpc) is 2.29. The Morgan fingerprint density at radius 3 is 2.82 bits per heavy atom. The molecule has 0 fully saturated rings. The van der Waals surface area contributed by atoms with E-state index in [1.165, 1.54) is 12.1 Å². The molecule has 0 aromatic heterocycles. The van der Waals surface area contributed by atoms with Gasteiger partial charge in [0.2, 0.25) is 5.91 Å². The van der Waals surface area contributed by atoms with Crippen LogP contribution in [-0.2, 0) is 4.79 Å². The van der Waals surface area contributed by atoms with Crippen LogP contribution in [0.2, 0.25) is 0 Å². The van der Waals surface area contributed by atoms with Gasteiger partial charge in [-0.2, -0.15) is 5.26 Å². The summed E-state index contributed by atoms with van der Waals surface area (Å²) in [7, 11) is 0. The molecule has 1 aromatic rings. The van der Waals surface area contributed by atoms with Crippen LogP contribution in [0.15, 0.2) is 18.2 Å². The summed E-state index contributed by atoms with van der Waals surface area (Å²) < 4.78 is 13.0. The van der Waals surface area contributed by atoms with Crippen LogP contribution in [0.25, 0.3) is 0 Å². The van der Waals surface area contributed by atoms with Crippen molar-refractivity contribution < 1.29 is 9.18 Å². The molecular weight excluding hydrogens is 221 g/mol. The van der Waals surface area contributed by atoms with Crippen LogP contribution in [0.5, 0.6) is 0 Å². The Kier molecular flexibility index (Phi) is 4.61. The van der Waals surface area contributed by atoms with E-state index in [1.807, 2.05) is 13.8 Å². The molecule has 0 saturated heterocycles. The summed E-state index contributed by atoms with van der Waals surface area (Å²) in [5.74, 6) is -0.819. The summed E-state index contributed by atoms with van der Waals surface area (Å²) in [6, 6.07) is 5.81. The monoisotopic (exact) mass is 235 g/mol. The maximum Gasteiger partial charge on any atom is 0.238 e. The highest BCUT2D eigenvalue weighted by atomic mass is 19.1. The Labute approximate surface area is 99.4 Å². The predicted octanol–water partition coefficient (Wildman–Crippen LogP) is 1.63. The van der Waals surface area contributed by atoms with E-state index in [4.69, 9.17) is 5.26 Å². The summed E-state index contributed by atoms with van der Waals surface area (Å²) >= 11 is 0. The van der Waals surface area contributed by atoms with Crippen molar-refractivity contribution in [3.05, 3.63) is 29.6 Å². The van der Waals surface area contributed by atoms with Gasteiger partial charge >= 0.3 is 0 Å².